The smallest absolute Gasteiger partial charge is 0.277 e. The maximum Gasteiger partial charge on any atom is 0.277 e. The Morgan fingerprint density at radius 3 is 2.19 bits per heavy atom. The van der Waals surface area contributed by atoms with E-state index in [1.807, 2.05) is 11.0 Å². The first-order chi connectivity index (χ1) is 17.9. The van der Waals surface area contributed by atoms with Crippen molar-refractivity contribution in [2.75, 3.05) is 45.3 Å². The molecule has 1 aliphatic heterocycles. The molecule has 2 aromatic carbocycles. The van der Waals surface area contributed by atoms with Gasteiger partial charge in [0.25, 0.3) is 11.8 Å². The van der Waals surface area contributed by atoms with Gasteiger partial charge < -0.3 is 19.3 Å². The van der Waals surface area contributed by atoms with E-state index in [0.29, 0.717) is 54.8 Å². The van der Waals surface area contributed by atoms with Crippen molar-refractivity contribution in [3.05, 3.63) is 77.4 Å². The Bertz CT molecular complexity index is 1290. The molecule has 2 heterocycles. The van der Waals surface area contributed by atoms with Gasteiger partial charge in [-0.15, -0.1) is 0 Å². The lowest BCUT2D eigenvalue weighted by molar-refractivity contribution is -0.125. The Labute approximate surface area is 212 Å². The van der Waals surface area contributed by atoms with Crippen LogP contribution in [0.3, 0.4) is 0 Å². The monoisotopic (exact) mass is 507 g/mol. The lowest BCUT2D eigenvalue weighted by Gasteiger charge is -2.35. The van der Waals surface area contributed by atoms with Crippen LogP contribution in [0.15, 0.2) is 54.9 Å². The average Bonchev–Trinajstić information content (AvgIpc) is 2.95. The molecule has 0 bridgehead atoms. The van der Waals surface area contributed by atoms with Gasteiger partial charge in [-0.05, 0) is 41.5 Å². The Kier molecular flexibility index (Phi) is 7.94. The van der Waals surface area contributed by atoms with Gasteiger partial charge >= 0.3 is 0 Å². The van der Waals surface area contributed by atoms with Crippen LogP contribution in [0.25, 0.3) is 11.6 Å². The van der Waals surface area contributed by atoms with Crippen molar-refractivity contribution >= 4 is 29.4 Å². The molecule has 1 fully saturated rings. The molecule has 0 spiro atoms. The fourth-order valence-electron chi connectivity index (χ4n) is 3.95. The van der Waals surface area contributed by atoms with E-state index in [2.05, 4.69) is 9.97 Å². The lowest BCUT2D eigenvalue weighted by Crippen LogP contribution is -2.49. The van der Waals surface area contributed by atoms with Crippen LogP contribution in [0, 0.1) is 5.82 Å². The molecule has 3 aromatic rings. The molecule has 2 amide bonds. The van der Waals surface area contributed by atoms with Gasteiger partial charge in [0, 0.05) is 44.1 Å². The van der Waals surface area contributed by atoms with E-state index in [4.69, 9.17) is 14.7 Å². The fraction of sp³-hybridized carbons (Fsp3) is 0.231. The summed E-state index contributed by atoms with van der Waals surface area (Å²) < 4.78 is 24.3. The molecule has 11 heteroatoms. The summed E-state index contributed by atoms with van der Waals surface area (Å²) >= 11 is 0. The minimum Gasteiger partial charge on any atom is -0.493 e. The highest BCUT2D eigenvalue weighted by atomic mass is 19.1. The molecule has 4 rings (SSSR count). The number of benzene rings is 2. The molecule has 1 aromatic heterocycles. The van der Waals surface area contributed by atoms with E-state index in [1.54, 1.807) is 42.4 Å². The average molecular weight is 508 g/mol. The van der Waals surface area contributed by atoms with E-state index in [1.165, 1.54) is 37.1 Å². The van der Waals surface area contributed by atoms with Crippen LogP contribution < -0.4 is 19.9 Å². The maximum atomic E-state index is 13.7. The number of hydroxylamine groups is 1. The second-order valence-corrected chi connectivity index (χ2v) is 8.17. The summed E-state index contributed by atoms with van der Waals surface area (Å²) in [7, 11) is 3.08. The first kappa shape index (κ1) is 25.6. The molecule has 37 heavy (non-hydrogen) atoms. The predicted octanol–water partition coefficient (Wildman–Crippen LogP) is 2.64. The van der Waals surface area contributed by atoms with Crippen molar-refractivity contribution in [1.82, 2.24) is 20.3 Å². The van der Waals surface area contributed by atoms with Crippen LogP contribution in [0.5, 0.6) is 11.5 Å². The van der Waals surface area contributed by atoms with Crippen molar-refractivity contribution in [2.45, 2.75) is 0 Å². The van der Waals surface area contributed by atoms with Crippen molar-refractivity contribution < 1.29 is 28.7 Å². The molecule has 0 unspecified atom stereocenters. The molecular formula is C26H26FN5O5. The van der Waals surface area contributed by atoms with Crippen LogP contribution in [0.2, 0.25) is 0 Å². The second kappa shape index (κ2) is 11.5. The molecule has 0 saturated carbocycles. The Morgan fingerprint density at radius 1 is 0.946 bits per heavy atom. The van der Waals surface area contributed by atoms with Gasteiger partial charge in [-0.2, -0.15) is 0 Å². The van der Waals surface area contributed by atoms with Crippen LogP contribution in [-0.2, 0) is 4.79 Å². The fourth-order valence-corrected chi connectivity index (χ4v) is 3.95. The molecule has 1 saturated heterocycles. The van der Waals surface area contributed by atoms with Crippen LogP contribution in [0.1, 0.15) is 21.5 Å². The van der Waals surface area contributed by atoms with Crippen LogP contribution in [0.4, 0.5) is 10.3 Å². The Balaban J connectivity index is 1.55. The van der Waals surface area contributed by atoms with Gasteiger partial charge in [-0.3, -0.25) is 14.8 Å². The highest BCUT2D eigenvalue weighted by Gasteiger charge is 2.26. The number of methoxy groups -OCH3 is 2. The van der Waals surface area contributed by atoms with E-state index in [-0.39, 0.29) is 11.5 Å². The SMILES string of the molecule is COc1ccc(C=C(C(=O)N2CCN(c3ncc(C(=O)NO)cn3)CC2)c2ccc(F)cc2)cc1OC. The lowest BCUT2D eigenvalue weighted by atomic mass is 10.0. The number of ether oxygens (including phenoxy) is 2. The number of anilines is 1. The summed E-state index contributed by atoms with van der Waals surface area (Å²) in [5.41, 5.74) is 3.40. The zero-order valence-corrected chi connectivity index (χ0v) is 20.3. The first-order valence-electron chi connectivity index (χ1n) is 11.4. The quantitative estimate of drug-likeness (QED) is 0.217. The highest BCUT2D eigenvalue weighted by Crippen LogP contribution is 2.30. The zero-order valence-electron chi connectivity index (χ0n) is 20.3. The summed E-state index contributed by atoms with van der Waals surface area (Å²) in [5, 5.41) is 8.73. The number of hydrogen-bond donors (Lipinski definition) is 2. The number of piperazine rings is 1. The number of halogens is 1. The van der Waals surface area contributed by atoms with E-state index >= 15 is 0 Å². The topological polar surface area (TPSA) is 117 Å². The van der Waals surface area contributed by atoms with Crippen molar-refractivity contribution in [3.8, 4) is 11.5 Å². The summed E-state index contributed by atoms with van der Waals surface area (Å²) in [6, 6.07) is 11.1. The number of nitrogens with one attached hydrogen (secondary N) is 1. The number of rotatable bonds is 7. The Hall–Kier alpha value is -4.51. The summed E-state index contributed by atoms with van der Waals surface area (Å²) in [4.78, 5) is 37.1. The van der Waals surface area contributed by atoms with Gasteiger partial charge in [0.05, 0.1) is 19.8 Å². The summed E-state index contributed by atoms with van der Waals surface area (Å²) in [5.74, 6) is 0.225. The second-order valence-electron chi connectivity index (χ2n) is 8.17. The van der Waals surface area contributed by atoms with Crippen LogP contribution >= 0.6 is 0 Å². The summed E-state index contributed by atoms with van der Waals surface area (Å²) in [6.45, 7) is 1.77. The van der Waals surface area contributed by atoms with Gasteiger partial charge in [-0.25, -0.2) is 19.8 Å². The first-order valence-corrected chi connectivity index (χ1v) is 11.4. The van der Waals surface area contributed by atoms with E-state index < -0.39 is 11.7 Å². The number of carbonyl (C=O) groups excluding carboxylic acids is 2. The molecule has 1 aliphatic rings. The standard InChI is InChI=1S/C26H26FN5O5/c1-36-22-8-3-17(14-23(22)37-2)13-21(18-4-6-20(27)7-5-18)25(34)31-9-11-32(12-10-31)26-28-15-19(16-29-26)24(33)30-35/h3-8,13-16,35H,9-12H2,1-2H3,(H,30,33). The number of aromatic nitrogens is 2. The molecule has 10 nitrogen and oxygen atoms in total. The third-order valence-electron chi connectivity index (χ3n) is 5.96. The zero-order chi connectivity index (χ0) is 26.4. The molecule has 192 valence electrons. The predicted molar refractivity (Wildman–Crippen MR) is 134 cm³/mol. The van der Waals surface area contributed by atoms with Crippen molar-refractivity contribution in [3.63, 3.8) is 0 Å². The molecule has 0 radical (unpaired) electrons. The minimum absolute atomic E-state index is 0.129. The molecule has 0 atom stereocenters. The van der Waals surface area contributed by atoms with Gasteiger partial charge in [0.1, 0.15) is 5.82 Å². The Morgan fingerprint density at radius 2 is 1.59 bits per heavy atom. The van der Waals surface area contributed by atoms with Crippen LogP contribution in [-0.4, -0.2) is 72.3 Å². The largest absolute Gasteiger partial charge is 0.493 e. The van der Waals surface area contributed by atoms with Gasteiger partial charge in [0.15, 0.2) is 11.5 Å². The normalized spacial score (nSPS) is 13.8. The molecule has 0 aliphatic carbocycles. The summed E-state index contributed by atoms with van der Waals surface area (Å²) in [6.07, 6.45) is 4.39. The van der Waals surface area contributed by atoms with Gasteiger partial charge in [-0.1, -0.05) is 18.2 Å². The van der Waals surface area contributed by atoms with E-state index in [9.17, 15) is 14.0 Å². The van der Waals surface area contributed by atoms with Crippen molar-refractivity contribution in [1.29, 1.82) is 0 Å². The third kappa shape index (κ3) is 5.84. The van der Waals surface area contributed by atoms with E-state index in [0.717, 1.165) is 5.56 Å². The number of amides is 2. The maximum absolute atomic E-state index is 13.7. The number of hydrogen-bond acceptors (Lipinski definition) is 8. The third-order valence-corrected chi connectivity index (χ3v) is 5.96. The van der Waals surface area contributed by atoms with Gasteiger partial charge in [0.2, 0.25) is 5.95 Å². The number of nitrogens with zero attached hydrogens (tertiary/aromatic N) is 4. The molecular weight excluding hydrogens is 481 g/mol. The van der Waals surface area contributed by atoms with Crippen molar-refractivity contribution in [2.24, 2.45) is 0 Å². The number of carbonyl (C=O) groups is 2. The molecule has 2 N–H and O–H groups in total. The minimum atomic E-state index is -0.698. The highest BCUT2D eigenvalue weighted by molar-refractivity contribution is 6.24.